The van der Waals surface area contributed by atoms with Gasteiger partial charge in [-0.25, -0.2) is 4.39 Å². The van der Waals surface area contributed by atoms with E-state index in [1.807, 2.05) is 12.1 Å². The molecular weight excluding hydrogens is 379 g/mol. The number of halogens is 2. The van der Waals surface area contributed by atoms with Crippen LogP contribution in [0.2, 0.25) is 5.02 Å². The Balaban J connectivity index is 1.52. The van der Waals surface area contributed by atoms with E-state index in [0.717, 1.165) is 34.9 Å². The third-order valence-corrected chi connectivity index (χ3v) is 7.34. The van der Waals surface area contributed by atoms with Gasteiger partial charge in [-0.3, -0.25) is 0 Å². The van der Waals surface area contributed by atoms with E-state index < -0.39 is 0 Å². The van der Waals surface area contributed by atoms with Gasteiger partial charge in [-0.2, -0.15) is 0 Å². The fourth-order valence-electron chi connectivity index (χ4n) is 5.48. The van der Waals surface area contributed by atoms with Crippen LogP contribution < -0.4 is 0 Å². The van der Waals surface area contributed by atoms with Crippen LogP contribution in [0.5, 0.6) is 0 Å². The zero-order valence-corrected chi connectivity index (χ0v) is 17.9. The molecule has 0 saturated heterocycles. The topological polar surface area (TPSA) is 0 Å². The van der Waals surface area contributed by atoms with E-state index in [4.69, 9.17) is 11.6 Å². The molecule has 0 heterocycles. The summed E-state index contributed by atoms with van der Waals surface area (Å²) in [5, 5.41) is 0.846. The first-order valence-electron chi connectivity index (χ1n) is 10.9. The van der Waals surface area contributed by atoms with Crippen molar-refractivity contribution in [3.63, 3.8) is 0 Å². The fourth-order valence-corrected chi connectivity index (χ4v) is 5.82. The van der Waals surface area contributed by atoms with Gasteiger partial charge < -0.3 is 0 Å². The molecule has 2 aliphatic rings. The van der Waals surface area contributed by atoms with E-state index in [9.17, 15) is 4.39 Å². The predicted molar refractivity (Wildman–Crippen MR) is 121 cm³/mol. The Morgan fingerprint density at radius 2 is 1.55 bits per heavy atom. The molecule has 2 fully saturated rings. The molecule has 0 atom stereocenters. The maximum atomic E-state index is 13.2. The minimum absolute atomic E-state index is 0.208. The average Bonchev–Trinajstić information content (AvgIpc) is 2.71. The molecule has 0 nitrogen and oxygen atoms in total. The molecule has 0 aliphatic heterocycles. The molecule has 0 amide bonds. The van der Waals surface area contributed by atoms with Crippen LogP contribution >= 0.6 is 11.6 Å². The quantitative estimate of drug-likeness (QED) is 0.446. The Bertz CT molecular complexity index is 871. The molecule has 0 aromatic heterocycles. The van der Waals surface area contributed by atoms with Gasteiger partial charge >= 0.3 is 0 Å². The Labute approximate surface area is 179 Å². The molecule has 2 saturated carbocycles. The van der Waals surface area contributed by atoms with Crippen LogP contribution in [0.1, 0.15) is 67.6 Å². The van der Waals surface area contributed by atoms with Crippen molar-refractivity contribution in [3.8, 4) is 0 Å². The fraction of sp³-hybridized carbons (Fsp3) is 0.407. The minimum Gasteiger partial charge on any atom is -0.207 e. The first-order chi connectivity index (χ1) is 14.0. The lowest BCUT2D eigenvalue weighted by Crippen LogP contribution is -2.26. The summed E-state index contributed by atoms with van der Waals surface area (Å²) in [5.41, 5.74) is 6.06. The summed E-state index contributed by atoms with van der Waals surface area (Å²) in [6.45, 7) is 8.97. The summed E-state index contributed by atoms with van der Waals surface area (Å²) in [6, 6.07) is 13.0. The largest absolute Gasteiger partial charge is 0.207 e. The Morgan fingerprint density at radius 1 is 0.897 bits per heavy atom. The van der Waals surface area contributed by atoms with Crippen LogP contribution in [0.4, 0.5) is 4.39 Å². The van der Waals surface area contributed by atoms with Crippen molar-refractivity contribution in [2.75, 3.05) is 0 Å². The first-order valence-corrected chi connectivity index (χ1v) is 11.3. The van der Waals surface area contributed by atoms with Crippen molar-refractivity contribution in [1.29, 1.82) is 0 Å². The van der Waals surface area contributed by atoms with E-state index in [-0.39, 0.29) is 5.82 Å². The van der Waals surface area contributed by atoms with Crippen molar-refractivity contribution in [2.24, 2.45) is 11.8 Å². The third kappa shape index (κ3) is 4.51. The second kappa shape index (κ2) is 8.88. The molecule has 4 rings (SSSR count). The van der Waals surface area contributed by atoms with Crippen molar-refractivity contribution in [2.45, 2.75) is 57.3 Å². The van der Waals surface area contributed by atoms with Gasteiger partial charge in [0.1, 0.15) is 5.82 Å². The van der Waals surface area contributed by atoms with Gasteiger partial charge in [0.05, 0.1) is 0 Å². The molecule has 0 bridgehead atoms. The molecule has 0 N–H and O–H groups in total. The number of hydrogen-bond acceptors (Lipinski definition) is 0. The Kier molecular flexibility index (Phi) is 6.25. The first kappa shape index (κ1) is 20.4. The van der Waals surface area contributed by atoms with E-state index in [2.05, 4.69) is 31.4 Å². The monoisotopic (exact) mass is 408 g/mol. The standard InChI is InChI=1S/C27H30ClF/c1-18-15-23(16-19(2)26(18)21-7-4-3-5-8-21)25-10-6-9-22(27(25)28)17-20-11-13-24(29)14-12-20/h6,9-14,21,23,26H,1-5,7-8,15-17H2. The van der Waals surface area contributed by atoms with Crippen molar-refractivity contribution in [1.82, 2.24) is 0 Å². The highest BCUT2D eigenvalue weighted by Gasteiger charge is 2.34. The third-order valence-electron chi connectivity index (χ3n) is 6.87. The van der Waals surface area contributed by atoms with Gasteiger partial charge in [-0.05, 0) is 72.8 Å². The zero-order chi connectivity index (χ0) is 20.4. The molecule has 2 heteroatoms. The lowest BCUT2D eigenvalue weighted by molar-refractivity contribution is 0.280. The van der Waals surface area contributed by atoms with E-state index in [0.29, 0.717) is 18.3 Å². The van der Waals surface area contributed by atoms with Crippen LogP contribution in [0.25, 0.3) is 0 Å². The molecule has 2 aromatic carbocycles. The van der Waals surface area contributed by atoms with Crippen LogP contribution in [0, 0.1) is 17.7 Å². The summed E-state index contributed by atoms with van der Waals surface area (Å²) in [5.74, 6) is 1.38. The molecule has 2 aromatic rings. The smallest absolute Gasteiger partial charge is 0.123 e. The molecule has 152 valence electrons. The van der Waals surface area contributed by atoms with E-state index >= 15 is 0 Å². The number of allylic oxidation sites excluding steroid dienone is 2. The number of rotatable bonds is 4. The predicted octanol–water partition coefficient (Wildman–Crippen LogP) is 8.26. The van der Waals surface area contributed by atoms with Crippen LogP contribution in [-0.2, 0) is 6.42 Å². The Hall–Kier alpha value is -1.86. The van der Waals surface area contributed by atoms with Crippen LogP contribution in [0.3, 0.4) is 0 Å². The van der Waals surface area contributed by atoms with Crippen LogP contribution in [0.15, 0.2) is 66.8 Å². The van der Waals surface area contributed by atoms with Crippen molar-refractivity contribution >= 4 is 11.6 Å². The minimum atomic E-state index is -0.208. The van der Waals surface area contributed by atoms with Gasteiger partial charge in [0.2, 0.25) is 0 Å². The van der Waals surface area contributed by atoms with Gasteiger partial charge in [0, 0.05) is 10.9 Å². The molecular formula is C27H30ClF. The Morgan fingerprint density at radius 3 is 2.21 bits per heavy atom. The summed E-state index contributed by atoms with van der Waals surface area (Å²) in [6.07, 6.45) is 9.43. The maximum Gasteiger partial charge on any atom is 0.123 e. The van der Waals surface area contributed by atoms with Crippen molar-refractivity contribution in [3.05, 3.63) is 94.3 Å². The van der Waals surface area contributed by atoms with Crippen LogP contribution in [-0.4, -0.2) is 0 Å². The maximum absolute atomic E-state index is 13.2. The molecule has 0 spiro atoms. The van der Waals surface area contributed by atoms with Gasteiger partial charge in [0.15, 0.2) is 0 Å². The zero-order valence-electron chi connectivity index (χ0n) is 17.1. The van der Waals surface area contributed by atoms with E-state index in [1.165, 1.54) is 60.9 Å². The van der Waals surface area contributed by atoms with E-state index in [1.54, 1.807) is 0 Å². The molecule has 2 aliphatic carbocycles. The summed E-state index contributed by atoms with van der Waals surface area (Å²) < 4.78 is 13.2. The highest BCUT2D eigenvalue weighted by Crippen LogP contribution is 2.48. The second-order valence-electron chi connectivity index (χ2n) is 8.92. The van der Waals surface area contributed by atoms with Crippen molar-refractivity contribution < 1.29 is 4.39 Å². The lowest BCUT2D eigenvalue weighted by atomic mass is 9.65. The molecule has 0 radical (unpaired) electrons. The lowest BCUT2D eigenvalue weighted by Gasteiger charge is -2.39. The van der Waals surface area contributed by atoms with Gasteiger partial charge in [-0.15, -0.1) is 0 Å². The number of hydrogen-bond donors (Lipinski definition) is 0. The highest BCUT2D eigenvalue weighted by molar-refractivity contribution is 6.32. The SMILES string of the molecule is C=C1CC(c2cccc(Cc3ccc(F)cc3)c2Cl)CC(=C)C1C1CCCCC1. The highest BCUT2D eigenvalue weighted by atomic mass is 35.5. The van der Waals surface area contributed by atoms with Gasteiger partial charge in [0.25, 0.3) is 0 Å². The summed E-state index contributed by atoms with van der Waals surface area (Å²) in [7, 11) is 0. The van der Waals surface area contributed by atoms with Gasteiger partial charge in [-0.1, -0.05) is 85.5 Å². The summed E-state index contributed by atoms with van der Waals surface area (Å²) in [4.78, 5) is 0. The summed E-state index contributed by atoms with van der Waals surface area (Å²) >= 11 is 6.87. The second-order valence-corrected chi connectivity index (χ2v) is 9.30. The normalized spacial score (nSPS) is 23.4. The molecule has 29 heavy (non-hydrogen) atoms. The average molecular weight is 409 g/mol. The molecule has 0 unspecified atom stereocenters. The number of benzene rings is 2.